The van der Waals surface area contributed by atoms with Crippen LogP contribution in [0.1, 0.15) is 49.8 Å². The third kappa shape index (κ3) is 5.58. The highest BCUT2D eigenvalue weighted by Gasteiger charge is 2.35. The van der Waals surface area contributed by atoms with Gasteiger partial charge in [-0.15, -0.1) is 0 Å². The smallest absolute Gasteiger partial charge is 0.410 e. The molecule has 1 aliphatic rings. The lowest BCUT2D eigenvalue weighted by atomic mass is 9.87. The predicted octanol–water partition coefficient (Wildman–Crippen LogP) is 4.87. The van der Waals surface area contributed by atoms with Gasteiger partial charge in [0, 0.05) is 12.5 Å². The van der Waals surface area contributed by atoms with E-state index in [2.05, 4.69) is 18.2 Å². The molecule has 1 heterocycles. The average Bonchev–Trinajstić information content (AvgIpc) is 2.71. The summed E-state index contributed by atoms with van der Waals surface area (Å²) >= 11 is 0. The zero-order valence-electron chi connectivity index (χ0n) is 17.3. The summed E-state index contributed by atoms with van der Waals surface area (Å²) in [4.78, 5) is 14.3. The average molecular weight is 392 g/mol. The maximum absolute atomic E-state index is 12.6. The number of likely N-dealkylation sites (tertiary alicyclic amines) is 1. The van der Waals surface area contributed by atoms with Crippen LogP contribution >= 0.6 is 0 Å². The van der Waals surface area contributed by atoms with E-state index < -0.39 is 5.60 Å². The second-order valence-electron chi connectivity index (χ2n) is 8.35. The van der Waals surface area contributed by atoms with Gasteiger partial charge >= 0.3 is 6.09 Å². The lowest BCUT2D eigenvalue weighted by molar-refractivity contribution is -0.0360. The standard InChI is InChI=1S/C24H28N2O3/c1-24(2,3)29-23(27)26-14-13-21(18-9-5-4-6-10-18)22(16-26)28-17-20-12-8-7-11-19(20)15-25/h4-12,21-22H,13-14,16-17H2,1-3H3. The van der Waals surface area contributed by atoms with Crippen LogP contribution in [0.15, 0.2) is 54.6 Å². The van der Waals surface area contributed by atoms with Crippen molar-refractivity contribution in [2.24, 2.45) is 0 Å². The Morgan fingerprint density at radius 1 is 1.14 bits per heavy atom. The van der Waals surface area contributed by atoms with Gasteiger partial charge in [-0.25, -0.2) is 4.79 Å². The molecule has 5 heteroatoms. The van der Waals surface area contributed by atoms with Crippen LogP contribution in [0.3, 0.4) is 0 Å². The molecule has 0 spiro atoms. The summed E-state index contributed by atoms with van der Waals surface area (Å²) in [5, 5.41) is 9.33. The molecular weight excluding hydrogens is 364 g/mol. The van der Waals surface area contributed by atoms with Crippen LogP contribution in [-0.2, 0) is 16.1 Å². The summed E-state index contributed by atoms with van der Waals surface area (Å²) < 4.78 is 11.8. The number of hydrogen-bond acceptors (Lipinski definition) is 4. The fourth-order valence-corrected chi connectivity index (χ4v) is 3.61. The van der Waals surface area contributed by atoms with Gasteiger partial charge in [-0.05, 0) is 44.4 Å². The van der Waals surface area contributed by atoms with Crippen LogP contribution in [0.5, 0.6) is 0 Å². The number of carbonyl (C=O) groups excluding carboxylic acids is 1. The first-order valence-electron chi connectivity index (χ1n) is 10.00. The van der Waals surface area contributed by atoms with Gasteiger partial charge in [0.2, 0.25) is 0 Å². The number of hydrogen-bond donors (Lipinski definition) is 0. The van der Waals surface area contributed by atoms with Crippen molar-refractivity contribution in [2.45, 2.75) is 51.4 Å². The van der Waals surface area contributed by atoms with Gasteiger partial charge in [-0.2, -0.15) is 5.26 Å². The van der Waals surface area contributed by atoms with Gasteiger partial charge in [0.1, 0.15) is 5.60 Å². The Labute approximate surface area is 172 Å². The van der Waals surface area contributed by atoms with E-state index in [0.29, 0.717) is 25.3 Å². The van der Waals surface area contributed by atoms with E-state index in [1.54, 1.807) is 11.0 Å². The normalized spacial score (nSPS) is 19.4. The molecule has 2 atom stereocenters. The molecule has 1 aliphatic heterocycles. The summed E-state index contributed by atoms with van der Waals surface area (Å²) in [6.45, 7) is 7.03. The summed E-state index contributed by atoms with van der Waals surface area (Å²) in [6, 6.07) is 19.9. The van der Waals surface area contributed by atoms with Crippen molar-refractivity contribution in [3.8, 4) is 6.07 Å². The topological polar surface area (TPSA) is 62.6 Å². The van der Waals surface area contributed by atoms with Crippen LogP contribution < -0.4 is 0 Å². The Balaban J connectivity index is 1.77. The van der Waals surface area contributed by atoms with Crippen LogP contribution in [0, 0.1) is 11.3 Å². The third-order valence-corrected chi connectivity index (χ3v) is 5.03. The van der Waals surface area contributed by atoms with E-state index in [-0.39, 0.29) is 18.1 Å². The molecule has 2 aromatic carbocycles. The monoisotopic (exact) mass is 392 g/mol. The van der Waals surface area contributed by atoms with Crippen molar-refractivity contribution in [1.29, 1.82) is 5.26 Å². The molecule has 2 aromatic rings. The molecule has 1 saturated heterocycles. The van der Waals surface area contributed by atoms with E-state index in [1.807, 2.05) is 57.2 Å². The molecule has 0 aliphatic carbocycles. The minimum absolute atomic E-state index is 0.176. The maximum atomic E-state index is 12.6. The second-order valence-corrected chi connectivity index (χ2v) is 8.35. The molecular formula is C24H28N2O3. The number of piperidine rings is 1. The molecule has 3 rings (SSSR count). The zero-order chi connectivity index (χ0) is 20.9. The summed E-state index contributed by atoms with van der Waals surface area (Å²) in [7, 11) is 0. The SMILES string of the molecule is CC(C)(C)OC(=O)N1CCC(c2ccccc2)C(OCc2ccccc2C#N)C1. The van der Waals surface area contributed by atoms with Crippen molar-refractivity contribution in [3.05, 3.63) is 71.3 Å². The molecule has 0 N–H and O–H groups in total. The predicted molar refractivity (Wildman–Crippen MR) is 111 cm³/mol. The first kappa shape index (κ1) is 20.9. The summed E-state index contributed by atoms with van der Waals surface area (Å²) in [5.41, 5.74) is 2.14. The largest absolute Gasteiger partial charge is 0.444 e. The lowest BCUT2D eigenvalue weighted by Gasteiger charge is -2.39. The van der Waals surface area contributed by atoms with Gasteiger partial charge < -0.3 is 14.4 Å². The van der Waals surface area contributed by atoms with E-state index >= 15 is 0 Å². The highest BCUT2D eigenvalue weighted by atomic mass is 16.6. The zero-order valence-corrected chi connectivity index (χ0v) is 17.3. The van der Waals surface area contributed by atoms with Gasteiger partial charge in [0.25, 0.3) is 0 Å². The van der Waals surface area contributed by atoms with Crippen molar-refractivity contribution in [1.82, 2.24) is 4.90 Å². The number of nitriles is 1. The number of benzene rings is 2. The lowest BCUT2D eigenvalue weighted by Crippen LogP contribution is -2.48. The molecule has 0 aromatic heterocycles. The Morgan fingerprint density at radius 3 is 2.52 bits per heavy atom. The molecule has 2 unspecified atom stereocenters. The van der Waals surface area contributed by atoms with E-state index in [4.69, 9.17) is 9.47 Å². The van der Waals surface area contributed by atoms with Crippen LogP contribution in [-0.4, -0.2) is 35.8 Å². The van der Waals surface area contributed by atoms with E-state index in [1.165, 1.54) is 5.56 Å². The molecule has 152 valence electrons. The highest BCUT2D eigenvalue weighted by molar-refractivity contribution is 5.68. The highest BCUT2D eigenvalue weighted by Crippen LogP contribution is 2.32. The molecule has 0 saturated carbocycles. The third-order valence-electron chi connectivity index (χ3n) is 5.03. The molecule has 0 bridgehead atoms. The number of ether oxygens (including phenoxy) is 2. The Bertz CT molecular complexity index is 868. The number of amides is 1. The van der Waals surface area contributed by atoms with Gasteiger partial charge in [-0.1, -0.05) is 48.5 Å². The van der Waals surface area contributed by atoms with Crippen LogP contribution in [0.2, 0.25) is 0 Å². The first-order valence-corrected chi connectivity index (χ1v) is 10.00. The second kappa shape index (κ2) is 9.11. The summed E-state index contributed by atoms with van der Waals surface area (Å²) in [5.74, 6) is 0.184. The van der Waals surface area contributed by atoms with Gasteiger partial charge in [0.15, 0.2) is 0 Å². The van der Waals surface area contributed by atoms with Crippen molar-refractivity contribution < 1.29 is 14.3 Å². The molecule has 1 fully saturated rings. The minimum atomic E-state index is -0.532. The van der Waals surface area contributed by atoms with Crippen molar-refractivity contribution in [3.63, 3.8) is 0 Å². The number of rotatable bonds is 4. The van der Waals surface area contributed by atoms with Crippen LogP contribution in [0.25, 0.3) is 0 Å². The van der Waals surface area contributed by atoms with Crippen LogP contribution in [0.4, 0.5) is 4.79 Å². The molecule has 0 radical (unpaired) electrons. The van der Waals surface area contributed by atoms with Crippen molar-refractivity contribution >= 4 is 6.09 Å². The van der Waals surface area contributed by atoms with Gasteiger partial charge in [-0.3, -0.25) is 0 Å². The fraction of sp³-hybridized carbons (Fsp3) is 0.417. The van der Waals surface area contributed by atoms with Crippen molar-refractivity contribution in [2.75, 3.05) is 13.1 Å². The Morgan fingerprint density at radius 2 is 1.83 bits per heavy atom. The Kier molecular flexibility index (Phi) is 6.56. The van der Waals surface area contributed by atoms with E-state index in [0.717, 1.165) is 12.0 Å². The maximum Gasteiger partial charge on any atom is 0.410 e. The number of carbonyl (C=O) groups is 1. The van der Waals surface area contributed by atoms with Gasteiger partial charge in [0.05, 0.1) is 30.9 Å². The number of nitrogens with zero attached hydrogens (tertiary/aromatic N) is 2. The molecule has 1 amide bonds. The molecule has 29 heavy (non-hydrogen) atoms. The van der Waals surface area contributed by atoms with E-state index in [9.17, 15) is 10.1 Å². The summed E-state index contributed by atoms with van der Waals surface area (Å²) in [6.07, 6.45) is 0.314. The fourth-order valence-electron chi connectivity index (χ4n) is 3.61. The Hall–Kier alpha value is -2.84. The first-order chi connectivity index (χ1) is 13.9. The minimum Gasteiger partial charge on any atom is -0.444 e. The molecule has 5 nitrogen and oxygen atoms in total. The quantitative estimate of drug-likeness (QED) is 0.745.